The van der Waals surface area contributed by atoms with Crippen LogP contribution in [-0.4, -0.2) is 76.9 Å². The molecule has 4 N–H and O–H groups in total. The molecule has 0 spiro atoms. The Hall–Kier alpha value is -4.39. The Kier molecular flexibility index (Phi) is 14.5. The fourth-order valence-corrected chi connectivity index (χ4v) is 6.92. The standard InChI is InChI=1S/C20H24FN3O.C20H31N5O2/c1-15-12-24(8-7-23-15)13-17-3-2-4-18(9-17)19-10-16(11-22-14-25)5-6-20(19)21;1-4-7-18(26)21-12-15-17(5-2)24-20-16(13-22-25(20)6-3)19(15)23-14-8-10-27-11-9-14/h2-6,9-10,14-15,23H,7-8,11-13H2,1H3,(H,22,25);13-14H,4-12H2,1-3H3,(H,21,26)(H,23,24). The predicted octanol–water partition coefficient (Wildman–Crippen LogP) is 5.55. The van der Waals surface area contributed by atoms with Crippen molar-refractivity contribution >= 4 is 29.0 Å². The molecule has 2 amide bonds. The van der Waals surface area contributed by atoms with E-state index >= 15 is 0 Å². The van der Waals surface area contributed by atoms with Gasteiger partial charge in [-0.2, -0.15) is 5.10 Å². The van der Waals surface area contributed by atoms with Crippen molar-refractivity contribution < 1.29 is 18.7 Å². The number of hydrogen-bond acceptors (Lipinski definition) is 8. The molecule has 280 valence electrons. The lowest BCUT2D eigenvalue weighted by atomic mass is 10.00. The molecule has 2 aromatic heterocycles. The van der Waals surface area contributed by atoms with Crippen LogP contribution in [0.1, 0.15) is 75.8 Å². The summed E-state index contributed by atoms with van der Waals surface area (Å²) < 4.78 is 21.7. The second kappa shape index (κ2) is 19.4. The topological polar surface area (TPSA) is 125 Å². The largest absolute Gasteiger partial charge is 0.381 e. The van der Waals surface area contributed by atoms with E-state index in [0.717, 1.165) is 111 Å². The molecule has 12 heteroatoms. The number of carbonyl (C=O) groups excluding carboxylic acids is 2. The molecule has 0 radical (unpaired) electrons. The number of rotatable bonds is 14. The Morgan fingerprint density at radius 1 is 1.10 bits per heavy atom. The molecule has 4 aromatic rings. The van der Waals surface area contributed by atoms with E-state index < -0.39 is 0 Å². The first-order chi connectivity index (χ1) is 25.3. The number of piperazine rings is 1. The highest BCUT2D eigenvalue weighted by molar-refractivity contribution is 5.92. The highest BCUT2D eigenvalue weighted by atomic mass is 19.1. The summed E-state index contributed by atoms with van der Waals surface area (Å²) in [7, 11) is 0. The van der Waals surface area contributed by atoms with Gasteiger partial charge in [-0.15, -0.1) is 0 Å². The van der Waals surface area contributed by atoms with Crippen molar-refractivity contribution in [1.82, 2.24) is 35.6 Å². The minimum atomic E-state index is -0.247. The van der Waals surface area contributed by atoms with Gasteiger partial charge in [0.05, 0.1) is 17.3 Å². The number of nitrogens with zero attached hydrogens (tertiary/aromatic N) is 4. The average Bonchev–Trinajstić information content (AvgIpc) is 3.58. The van der Waals surface area contributed by atoms with Crippen molar-refractivity contribution in [2.75, 3.05) is 38.2 Å². The van der Waals surface area contributed by atoms with E-state index in [4.69, 9.17) is 9.72 Å². The molecule has 11 nitrogen and oxygen atoms in total. The predicted molar refractivity (Wildman–Crippen MR) is 204 cm³/mol. The molecule has 0 bridgehead atoms. The van der Waals surface area contributed by atoms with Crippen molar-refractivity contribution in [3.63, 3.8) is 0 Å². The Morgan fingerprint density at radius 3 is 2.65 bits per heavy atom. The fourth-order valence-electron chi connectivity index (χ4n) is 6.92. The van der Waals surface area contributed by atoms with Crippen molar-refractivity contribution in [3.8, 4) is 11.1 Å². The lowest BCUT2D eigenvalue weighted by molar-refractivity contribution is -0.121. The summed E-state index contributed by atoms with van der Waals surface area (Å²) in [6, 6.07) is 13.9. The number of anilines is 1. The molecule has 2 aliphatic rings. The number of nitrogens with one attached hydrogen (secondary N) is 4. The van der Waals surface area contributed by atoms with E-state index in [-0.39, 0.29) is 11.7 Å². The molecule has 0 aliphatic carbocycles. The van der Waals surface area contributed by atoms with Crippen LogP contribution in [0.3, 0.4) is 0 Å². The van der Waals surface area contributed by atoms with E-state index in [0.29, 0.717) is 43.6 Å². The Labute approximate surface area is 307 Å². The highest BCUT2D eigenvalue weighted by Crippen LogP contribution is 2.31. The van der Waals surface area contributed by atoms with E-state index in [2.05, 4.69) is 64.2 Å². The summed E-state index contributed by atoms with van der Waals surface area (Å²) in [4.78, 5) is 29.8. The zero-order valence-electron chi connectivity index (χ0n) is 31.1. The molecule has 2 saturated heterocycles. The number of pyridine rings is 1. The summed E-state index contributed by atoms with van der Waals surface area (Å²) in [5.74, 6) is -0.163. The summed E-state index contributed by atoms with van der Waals surface area (Å²) in [5.41, 5.74) is 7.58. The Morgan fingerprint density at radius 2 is 1.92 bits per heavy atom. The van der Waals surface area contributed by atoms with Crippen LogP contribution in [0, 0.1) is 5.82 Å². The fraction of sp³-hybridized carbons (Fsp3) is 0.500. The van der Waals surface area contributed by atoms with Crippen LogP contribution in [0.4, 0.5) is 10.1 Å². The first-order valence-electron chi connectivity index (χ1n) is 18.8. The van der Waals surface area contributed by atoms with Gasteiger partial charge in [0.25, 0.3) is 0 Å². The van der Waals surface area contributed by atoms with Gasteiger partial charge < -0.3 is 26.0 Å². The summed E-state index contributed by atoms with van der Waals surface area (Å²) in [6.07, 6.45) is 6.71. The van der Waals surface area contributed by atoms with Crippen LogP contribution < -0.4 is 21.3 Å². The van der Waals surface area contributed by atoms with Crippen LogP contribution >= 0.6 is 0 Å². The number of aryl methyl sites for hydroxylation is 2. The molecule has 1 unspecified atom stereocenters. The van der Waals surface area contributed by atoms with Crippen LogP contribution in [0.15, 0.2) is 48.7 Å². The monoisotopic (exact) mass is 714 g/mol. The van der Waals surface area contributed by atoms with Gasteiger partial charge >= 0.3 is 0 Å². The van der Waals surface area contributed by atoms with Crippen LogP contribution in [0.5, 0.6) is 0 Å². The first-order valence-corrected chi connectivity index (χ1v) is 18.8. The smallest absolute Gasteiger partial charge is 0.220 e. The average molecular weight is 715 g/mol. The lowest BCUT2D eigenvalue weighted by Crippen LogP contribution is -2.48. The number of aromatic nitrogens is 3. The molecular weight excluding hydrogens is 659 g/mol. The van der Waals surface area contributed by atoms with Crippen LogP contribution in [-0.2, 0) is 46.9 Å². The van der Waals surface area contributed by atoms with Gasteiger partial charge in [0.1, 0.15) is 5.82 Å². The van der Waals surface area contributed by atoms with E-state index in [1.165, 1.54) is 11.6 Å². The maximum absolute atomic E-state index is 14.3. The first kappa shape index (κ1) is 38.8. The van der Waals surface area contributed by atoms with E-state index in [1.807, 2.05) is 29.9 Å². The van der Waals surface area contributed by atoms with Gasteiger partial charge in [-0.1, -0.05) is 38.1 Å². The third kappa shape index (κ3) is 10.4. The molecule has 6 rings (SSSR count). The Balaban J connectivity index is 0.000000202. The second-order valence-electron chi connectivity index (χ2n) is 13.6. The summed E-state index contributed by atoms with van der Waals surface area (Å²) >= 11 is 0. The highest BCUT2D eigenvalue weighted by Gasteiger charge is 2.22. The normalized spacial score (nSPS) is 16.6. The minimum absolute atomic E-state index is 0.0842. The maximum Gasteiger partial charge on any atom is 0.220 e. The third-order valence-corrected chi connectivity index (χ3v) is 9.63. The van der Waals surface area contributed by atoms with Crippen LogP contribution in [0.2, 0.25) is 0 Å². The number of carbonyl (C=O) groups is 2. The molecular formula is C40H55FN8O3. The summed E-state index contributed by atoms with van der Waals surface area (Å²) in [5, 5.41) is 18.4. The van der Waals surface area contributed by atoms with Crippen LogP contribution in [0.25, 0.3) is 22.2 Å². The number of amides is 2. The van der Waals surface area contributed by atoms with E-state index in [9.17, 15) is 14.0 Å². The lowest BCUT2D eigenvalue weighted by Gasteiger charge is -2.31. The molecule has 2 aliphatic heterocycles. The van der Waals surface area contributed by atoms with Gasteiger partial charge in [0, 0.05) is 94.4 Å². The summed E-state index contributed by atoms with van der Waals surface area (Å²) in [6.45, 7) is 15.5. The quantitative estimate of drug-likeness (QED) is 0.125. The van der Waals surface area contributed by atoms with Crippen molar-refractivity contribution in [2.45, 2.75) is 98.1 Å². The number of ether oxygens (including phenoxy) is 1. The van der Waals surface area contributed by atoms with Gasteiger partial charge in [-0.05, 0) is 74.4 Å². The molecule has 2 fully saturated rings. The molecule has 4 heterocycles. The zero-order valence-corrected chi connectivity index (χ0v) is 31.1. The van der Waals surface area contributed by atoms with Crippen molar-refractivity contribution in [3.05, 3.63) is 76.9 Å². The van der Waals surface area contributed by atoms with Gasteiger partial charge in [-0.25, -0.2) is 14.1 Å². The number of halogens is 1. The molecule has 2 aromatic carbocycles. The second-order valence-corrected chi connectivity index (χ2v) is 13.6. The Bertz CT molecular complexity index is 1770. The van der Waals surface area contributed by atoms with Crippen molar-refractivity contribution in [2.24, 2.45) is 0 Å². The van der Waals surface area contributed by atoms with Gasteiger partial charge in [0.2, 0.25) is 12.3 Å². The number of hydrogen-bond donors (Lipinski definition) is 4. The SMILES string of the molecule is CC1CN(Cc2cccc(-c3cc(CNC=O)ccc3F)c2)CCN1.CCCC(=O)NCc1c(CC)nc2c(cnn2CC)c1NC1CCOCC1. The van der Waals surface area contributed by atoms with Crippen molar-refractivity contribution in [1.29, 1.82) is 0 Å². The molecule has 1 atom stereocenters. The zero-order chi connectivity index (χ0) is 36.9. The number of benzene rings is 2. The minimum Gasteiger partial charge on any atom is -0.381 e. The van der Waals surface area contributed by atoms with E-state index in [1.54, 1.807) is 12.1 Å². The molecule has 52 heavy (non-hydrogen) atoms. The maximum atomic E-state index is 14.3. The van der Waals surface area contributed by atoms with Gasteiger partial charge in [-0.3, -0.25) is 14.5 Å². The molecule has 0 saturated carbocycles. The third-order valence-electron chi connectivity index (χ3n) is 9.63. The van der Waals surface area contributed by atoms with Gasteiger partial charge in [0.15, 0.2) is 5.65 Å². The number of fused-ring (bicyclic) bond motifs is 1.